The molecular weight excluding hydrogens is 410 g/mol. The van der Waals surface area contributed by atoms with E-state index in [9.17, 15) is 9.59 Å². The van der Waals surface area contributed by atoms with E-state index in [1.165, 1.54) is 12.8 Å². The lowest BCUT2D eigenvalue weighted by Gasteiger charge is -2.36. The Morgan fingerprint density at radius 1 is 1.19 bits per heavy atom. The van der Waals surface area contributed by atoms with E-state index in [1.807, 2.05) is 11.0 Å². The number of rotatable bonds is 6. The molecule has 2 aliphatic rings. The van der Waals surface area contributed by atoms with Crippen LogP contribution in [0.5, 0.6) is 5.75 Å². The zero-order valence-corrected chi connectivity index (χ0v) is 17.5. The molecule has 0 bridgehead atoms. The van der Waals surface area contributed by atoms with Crippen molar-refractivity contribution >= 4 is 27.7 Å². The van der Waals surface area contributed by atoms with E-state index in [4.69, 9.17) is 4.74 Å². The Morgan fingerprint density at radius 3 is 2.56 bits per heavy atom. The van der Waals surface area contributed by atoms with Crippen molar-refractivity contribution in [1.29, 1.82) is 0 Å². The lowest BCUT2D eigenvalue weighted by molar-refractivity contribution is -0.137. The monoisotopic (exact) mass is 437 g/mol. The van der Waals surface area contributed by atoms with Gasteiger partial charge in [-0.1, -0.05) is 28.8 Å². The molecule has 7 heteroatoms. The van der Waals surface area contributed by atoms with Crippen LogP contribution >= 0.6 is 15.9 Å². The van der Waals surface area contributed by atoms with Gasteiger partial charge >= 0.3 is 0 Å². The lowest BCUT2D eigenvalue weighted by atomic mass is 10.1. The third-order valence-corrected chi connectivity index (χ3v) is 6.00. The van der Waals surface area contributed by atoms with Crippen LogP contribution in [0.2, 0.25) is 0 Å². The van der Waals surface area contributed by atoms with E-state index in [-0.39, 0.29) is 11.8 Å². The van der Waals surface area contributed by atoms with Crippen LogP contribution in [0.3, 0.4) is 0 Å². The van der Waals surface area contributed by atoms with Crippen molar-refractivity contribution < 1.29 is 14.3 Å². The average molecular weight is 438 g/mol. The molecule has 1 N–H and O–H groups in total. The number of nitrogens with one attached hydrogen (secondary N) is 1. The maximum Gasteiger partial charge on any atom is 0.255 e. The molecule has 2 amide bonds. The number of benzene rings is 1. The lowest BCUT2D eigenvalue weighted by Crippen LogP contribution is -2.51. The van der Waals surface area contributed by atoms with E-state index in [0.29, 0.717) is 23.8 Å². The first-order chi connectivity index (χ1) is 13.1. The highest BCUT2D eigenvalue weighted by molar-refractivity contribution is 9.10. The van der Waals surface area contributed by atoms with Gasteiger partial charge in [-0.15, -0.1) is 0 Å². The second-order valence-corrected chi connectivity index (χ2v) is 8.16. The quantitative estimate of drug-likeness (QED) is 0.742. The number of hydrogen-bond donors (Lipinski definition) is 1. The first-order valence-electron chi connectivity index (χ1n) is 9.71. The Labute approximate surface area is 169 Å². The van der Waals surface area contributed by atoms with Gasteiger partial charge in [0.25, 0.3) is 5.91 Å². The molecule has 0 spiro atoms. The van der Waals surface area contributed by atoms with Crippen LogP contribution in [-0.4, -0.2) is 68.0 Å². The molecule has 0 unspecified atom stereocenters. The van der Waals surface area contributed by atoms with Crippen LogP contribution in [0.25, 0.3) is 0 Å². The summed E-state index contributed by atoms with van der Waals surface area (Å²) in [4.78, 5) is 29.2. The van der Waals surface area contributed by atoms with E-state index in [2.05, 4.69) is 26.1 Å². The van der Waals surface area contributed by atoms with Gasteiger partial charge in [-0.05, 0) is 31.0 Å². The average Bonchev–Trinajstić information content (AvgIpc) is 3.22. The number of halogens is 1. The molecule has 0 aromatic heterocycles. The zero-order chi connectivity index (χ0) is 19.2. The molecular formula is C20H28BrN3O3. The molecule has 1 saturated carbocycles. The predicted octanol–water partition coefficient (Wildman–Crippen LogP) is 2.52. The van der Waals surface area contributed by atoms with Crippen LogP contribution < -0.4 is 10.1 Å². The van der Waals surface area contributed by atoms with Crippen molar-refractivity contribution in [3.8, 4) is 5.75 Å². The van der Waals surface area contributed by atoms with Gasteiger partial charge in [0.05, 0.1) is 12.7 Å². The van der Waals surface area contributed by atoms with Crippen molar-refractivity contribution in [3.05, 3.63) is 28.2 Å². The predicted molar refractivity (Wildman–Crippen MR) is 108 cm³/mol. The number of carbonyl (C=O) groups is 2. The minimum absolute atomic E-state index is 0.130. The van der Waals surface area contributed by atoms with Crippen molar-refractivity contribution in [2.75, 3.05) is 46.4 Å². The van der Waals surface area contributed by atoms with Crippen molar-refractivity contribution in [2.45, 2.75) is 25.7 Å². The summed E-state index contributed by atoms with van der Waals surface area (Å²) >= 11 is 3.38. The largest absolute Gasteiger partial charge is 0.496 e. The summed E-state index contributed by atoms with van der Waals surface area (Å²) in [5.74, 6) is 1.04. The van der Waals surface area contributed by atoms with Gasteiger partial charge in [0, 0.05) is 49.7 Å². The van der Waals surface area contributed by atoms with E-state index < -0.39 is 0 Å². The van der Waals surface area contributed by atoms with E-state index in [0.717, 1.165) is 50.0 Å². The van der Waals surface area contributed by atoms with E-state index in [1.54, 1.807) is 19.2 Å². The number of piperazine rings is 1. The van der Waals surface area contributed by atoms with Crippen molar-refractivity contribution in [2.24, 2.45) is 5.92 Å². The number of nitrogens with zero attached hydrogens (tertiary/aromatic N) is 2. The fourth-order valence-corrected chi connectivity index (χ4v) is 4.24. The normalized spacial score (nSPS) is 18.5. The topological polar surface area (TPSA) is 61.9 Å². The summed E-state index contributed by atoms with van der Waals surface area (Å²) < 4.78 is 6.16. The smallest absolute Gasteiger partial charge is 0.255 e. The molecule has 1 aliphatic carbocycles. The summed E-state index contributed by atoms with van der Waals surface area (Å²) in [6, 6.07) is 5.37. The van der Waals surface area contributed by atoms with E-state index >= 15 is 0 Å². The van der Waals surface area contributed by atoms with Gasteiger partial charge in [0.2, 0.25) is 5.91 Å². The third kappa shape index (κ3) is 5.23. The molecule has 2 fully saturated rings. The maximum absolute atomic E-state index is 12.5. The minimum Gasteiger partial charge on any atom is -0.496 e. The number of ether oxygens (including phenoxy) is 1. The fraction of sp³-hybridized carbons (Fsp3) is 0.600. The van der Waals surface area contributed by atoms with Gasteiger partial charge in [-0.3, -0.25) is 14.5 Å². The highest BCUT2D eigenvalue weighted by Gasteiger charge is 2.29. The third-order valence-electron chi connectivity index (χ3n) is 5.51. The summed E-state index contributed by atoms with van der Waals surface area (Å²) in [6.07, 6.45) is 4.51. The Hall–Kier alpha value is -1.60. The van der Waals surface area contributed by atoms with Gasteiger partial charge in [0.1, 0.15) is 5.75 Å². The maximum atomic E-state index is 12.5. The molecule has 1 aromatic carbocycles. The summed E-state index contributed by atoms with van der Waals surface area (Å²) in [5.41, 5.74) is 0.535. The first kappa shape index (κ1) is 20.1. The molecule has 1 heterocycles. The second-order valence-electron chi connectivity index (χ2n) is 7.25. The molecule has 1 aromatic rings. The highest BCUT2D eigenvalue weighted by Crippen LogP contribution is 2.27. The SMILES string of the molecule is COc1cc(Br)ccc1C(=O)NCCN1CCN(C(=O)C2CCCC2)CC1. The summed E-state index contributed by atoms with van der Waals surface area (Å²) in [6.45, 7) is 4.70. The van der Waals surface area contributed by atoms with Crippen molar-refractivity contribution in [1.82, 2.24) is 15.1 Å². The second kappa shape index (κ2) is 9.55. The Morgan fingerprint density at radius 2 is 1.89 bits per heavy atom. The molecule has 0 radical (unpaired) electrons. The molecule has 1 saturated heterocycles. The number of methoxy groups -OCH3 is 1. The van der Waals surface area contributed by atoms with Gasteiger partial charge in [-0.25, -0.2) is 0 Å². The Kier molecular flexibility index (Phi) is 7.13. The standard InChI is InChI=1S/C20H28BrN3O3/c1-27-18-14-16(21)6-7-17(18)19(25)22-8-9-23-10-12-24(13-11-23)20(26)15-4-2-3-5-15/h6-7,14-15H,2-5,8-13H2,1H3,(H,22,25). The Bertz CT molecular complexity index is 668. The molecule has 1 aliphatic heterocycles. The van der Waals surface area contributed by atoms with Crippen LogP contribution in [0.15, 0.2) is 22.7 Å². The molecule has 3 rings (SSSR count). The molecule has 148 valence electrons. The van der Waals surface area contributed by atoms with Crippen LogP contribution in [-0.2, 0) is 4.79 Å². The van der Waals surface area contributed by atoms with Gasteiger partial charge in [0.15, 0.2) is 0 Å². The zero-order valence-electron chi connectivity index (χ0n) is 15.9. The Balaban J connectivity index is 1.40. The summed E-state index contributed by atoms with van der Waals surface area (Å²) in [7, 11) is 1.56. The molecule has 27 heavy (non-hydrogen) atoms. The number of amides is 2. The molecule has 6 nitrogen and oxygen atoms in total. The fourth-order valence-electron chi connectivity index (χ4n) is 3.90. The van der Waals surface area contributed by atoms with Crippen LogP contribution in [0, 0.1) is 5.92 Å². The van der Waals surface area contributed by atoms with Gasteiger partial charge < -0.3 is 15.0 Å². The van der Waals surface area contributed by atoms with Crippen LogP contribution in [0.4, 0.5) is 0 Å². The minimum atomic E-state index is -0.130. The van der Waals surface area contributed by atoms with Crippen molar-refractivity contribution in [3.63, 3.8) is 0 Å². The first-order valence-corrected chi connectivity index (χ1v) is 10.5. The number of hydrogen-bond acceptors (Lipinski definition) is 4. The highest BCUT2D eigenvalue weighted by atomic mass is 79.9. The van der Waals surface area contributed by atoms with Crippen LogP contribution in [0.1, 0.15) is 36.0 Å². The molecule has 0 atom stereocenters. The summed E-state index contributed by atoms with van der Waals surface area (Å²) in [5, 5.41) is 2.96. The van der Waals surface area contributed by atoms with Gasteiger partial charge in [-0.2, -0.15) is 0 Å². The number of carbonyl (C=O) groups excluding carboxylic acids is 2.